The summed E-state index contributed by atoms with van der Waals surface area (Å²) < 4.78 is 0. The summed E-state index contributed by atoms with van der Waals surface area (Å²) in [7, 11) is 0. The molecule has 4 heteroatoms. The molecule has 0 spiro atoms. The summed E-state index contributed by atoms with van der Waals surface area (Å²) in [5.41, 5.74) is 6.67. The normalized spacial score (nSPS) is 10.6. The van der Waals surface area contributed by atoms with Crippen molar-refractivity contribution in [3.8, 4) is 0 Å². The third-order valence-electron chi connectivity index (χ3n) is 2.45. The number of nitrogens with two attached hydrogens (primary N) is 1. The molecule has 0 saturated carbocycles. The molecule has 1 amide bonds. The number of benzene rings is 1. The van der Waals surface area contributed by atoms with E-state index in [1.165, 1.54) is 0 Å². The van der Waals surface area contributed by atoms with Gasteiger partial charge in [0.2, 0.25) is 0 Å². The third kappa shape index (κ3) is 2.67. The number of carbonyl (C=O) groups is 1. The van der Waals surface area contributed by atoms with Crippen molar-refractivity contribution in [3.63, 3.8) is 0 Å². The van der Waals surface area contributed by atoms with Crippen molar-refractivity contribution >= 4 is 23.2 Å². The Labute approximate surface area is 101 Å². The lowest BCUT2D eigenvalue weighted by Crippen LogP contribution is -2.36. The van der Waals surface area contributed by atoms with Crippen LogP contribution in [0.25, 0.3) is 0 Å². The Balaban J connectivity index is 3.08. The van der Waals surface area contributed by atoms with Gasteiger partial charge in [-0.25, -0.2) is 0 Å². The molecule has 1 rings (SSSR count). The first kappa shape index (κ1) is 12.8. The fourth-order valence-corrected chi connectivity index (χ4v) is 1.80. The molecule has 0 aliphatic carbocycles. The van der Waals surface area contributed by atoms with Gasteiger partial charge < -0.3 is 10.6 Å². The Kier molecular flexibility index (Phi) is 4.19. The second-order valence-electron chi connectivity index (χ2n) is 3.92. The highest BCUT2D eigenvalue weighted by atomic mass is 35.5. The number of carbonyl (C=O) groups excluding carboxylic acids is 1. The molecule has 0 unspecified atom stereocenters. The number of nitrogen functional groups attached to an aromatic ring is 1. The molecule has 88 valence electrons. The highest BCUT2D eigenvalue weighted by Crippen LogP contribution is 2.21. The summed E-state index contributed by atoms with van der Waals surface area (Å²) in [6.45, 7) is 6.54. The molecular formula is C12H17ClN2O. The Bertz CT molecular complexity index is 391. The number of hydrogen-bond donors (Lipinski definition) is 1. The van der Waals surface area contributed by atoms with Crippen LogP contribution < -0.4 is 5.73 Å². The average molecular weight is 241 g/mol. The fourth-order valence-electron chi connectivity index (χ4n) is 1.60. The van der Waals surface area contributed by atoms with E-state index in [0.717, 1.165) is 0 Å². The first-order chi connectivity index (χ1) is 7.47. The Morgan fingerprint density at radius 1 is 1.50 bits per heavy atom. The molecular weight excluding hydrogens is 224 g/mol. The van der Waals surface area contributed by atoms with Gasteiger partial charge in [0.15, 0.2) is 0 Å². The molecule has 0 atom stereocenters. The molecule has 2 N–H and O–H groups in total. The molecule has 3 nitrogen and oxygen atoms in total. The average Bonchev–Trinajstić information content (AvgIpc) is 2.22. The van der Waals surface area contributed by atoms with Crippen molar-refractivity contribution in [2.75, 3.05) is 12.3 Å². The van der Waals surface area contributed by atoms with Crippen LogP contribution in [0.4, 0.5) is 5.69 Å². The standard InChI is InChI=1S/C12H17ClN2O/c1-4-15(8(2)3)12(16)10-7-9(14)5-6-11(10)13/h5-8H,4,14H2,1-3H3. The first-order valence-corrected chi connectivity index (χ1v) is 5.71. The van der Waals surface area contributed by atoms with Crippen LogP contribution in [0.3, 0.4) is 0 Å². The van der Waals surface area contributed by atoms with Gasteiger partial charge in [-0.05, 0) is 39.0 Å². The first-order valence-electron chi connectivity index (χ1n) is 5.33. The van der Waals surface area contributed by atoms with E-state index in [1.54, 1.807) is 23.1 Å². The molecule has 1 aromatic rings. The van der Waals surface area contributed by atoms with Crippen LogP contribution in [0, 0.1) is 0 Å². The maximum Gasteiger partial charge on any atom is 0.255 e. The minimum Gasteiger partial charge on any atom is -0.399 e. The highest BCUT2D eigenvalue weighted by molar-refractivity contribution is 6.34. The summed E-state index contributed by atoms with van der Waals surface area (Å²) in [6, 6.07) is 5.11. The summed E-state index contributed by atoms with van der Waals surface area (Å²) in [5, 5.41) is 0.443. The molecule has 0 fully saturated rings. The zero-order valence-corrected chi connectivity index (χ0v) is 10.6. The van der Waals surface area contributed by atoms with Crippen LogP contribution in [0.15, 0.2) is 18.2 Å². The van der Waals surface area contributed by atoms with E-state index in [4.69, 9.17) is 17.3 Å². The predicted octanol–water partition coefficient (Wildman–Crippen LogP) is 2.79. The van der Waals surface area contributed by atoms with Crippen molar-refractivity contribution in [3.05, 3.63) is 28.8 Å². The monoisotopic (exact) mass is 240 g/mol. The van der Waals surface area contributed by atoms with Crippen molar-refractivity contribution in [1.82, 2.24) is 4.90 Å². The molecule has 0 heterocycles. The maximum atomic E-state index is 12.2. The van der Waals surface area contributed by atoms with E-state index in [0.29, 0.717) is 22.8 Å². The molecule has 16 heavy (non-hydrogen) atoms. The minimum absolute atomic E-state index is 0.0743. The van der Waals surface area contributed by atoms with Crippen LogP contribution in [-0.2, 0) is 0 Å². The van der Waals surface area contributed by atoms with Crippen LogP contribution in [0.2, 0.25) is 5.02 Å². The van der Waals surface area contributed by atoms with E-state index in [-0.39, 0.29) is 11.9 Å². The number of nitrogens with zero attached hydrogens (tertiary/aromatic N) is 1. The largest absolute Gasteiger partial charge is 0.399 e. The van der Waals surface area contributed by atoms with Gasteiger partial charge in [-0.3, -0.25) is 4.79 Å². The van der Waals surface area contributed by atoms with Gasteiger partial charge in [0.25, 0.3) is 5.91 Å². The van der Waals surface area contributed by atoms with Crippen LogP contribution >= 0.6 is 11.6 Å². The van der Waals surface area contributed by atoms with Crippen molar-refractivity contribution < 1.29 is 4.79 Å². The van der Waals surface area contributed by atoms with Gasteiger partial charge in [-0.15, -0.1) is 0 Å². The minimum atomic E-state index is -0.0743. The molecule has 0 aliphatic rings. The van der Waals surface area contributed by atoms with E-state index in [2.05, 4.69) is 0 Å². The van der Waals surface area contributed by atoms with E-state index >= 15 is 0 Å². The summed E-state index contributed by atoms with van der Waals surface area (Å²) in [4.78, 5) is 13.9. The molecule has 0 saturated heterocycles. The third-order valence-corrected chi connectivity index (χ3v) is 2.78. The summed E-state index contributed by atoms with van der Waals surface area (Å²) in [6.07, 6.45) is 0. The lowest BCUT2D eigenvalue weighted by Gasteiger charge is -2.25. The van der Waals surface area contributed by atoms with Crippen molar-refractivity contribution in [1.29, 1.82) is 0 Å². The fraction of sp³-hybridized carbons (Fsp3) is 0.417. The number of hydrogen-bond acceptors (Lipinski definition) is 2. The van der Waals surface area contributed by atoms with Gasteiger partial charge in [-0.1, -0.05) is 11.6 Å². The van der Waals surface area contributed by atoms with Gasteiger partial charge in [0, 0.05) is 18.3 Å². The second kappa shape index (κ2) is 5.21. The second-order valence-corrected chi connectivity index (χ2v) is 4.33. The zero-order chi connectivity index (χ0) is 12.3. The van der Waals surface area contributed by atoms with Crippen LogP contribution in [0.5, 0.6) is 0 Å². The SMILES string of the molecule is CCN(C(=O)c1cc(N)ccc1Cl)C(C)C. The number of anilines is 1. The predicted molar refractivity (Wildman–Crippen MR) is 67.7 cm³/mol. The number of rotatable bonds is 3. The molecule has 0 aromatic heterocycles. The smallest absolute Gasteiger partial charge is 0.255 e. The summed E-state index contributed by atoms with van der Waals surface area (Å²) >= 11 is 5.99. The van der Waals surface area contributed by atoms with E-state index in [9.17, 15) is 4.79 Å². The van der Waals surface area contributed by atoms with E-state index in [1.807, 2.05) is 20.8 Å². The highest BCUT2D eigenvalue weighted by Gasteiger charge is 2.19. The van der Waals surface area contributed by atoms with Gasteiger partial charge in [0.1, 0.15) is 0 Å². The quantitative estimate of drug-likeness (QED) is 0.826. The Morgan fingerprint density at radius 2 is 2.12 bits per heavy atom. The van der Waals surface area contributed by atoms with Crippen molar-refractivity contribution in [2.45, 2.75) is 26.8 Å². The van der Waals surface area contributed by atoms with Crippen LogP contribution in [-0.4, -0.2) is 23.4 Å². The molecule has 1 aromatic carbocycles. The zero-order valence-electron chi connectivity index (χ0n) is 9.83. The lowest BCUT2D eigenvalue weighted by molar-refractivity contribution is 0.0717. The van der Waals surface area contributed by atoms with Crippen molar-refractivity contribution in [2.24, 2.45) is 0 Å². The Morgan fingerprint density at radius 3 is 2.62 bits per heavy atom. The van der Waals surface area contributed by atoms with Gasteiger partial charge in [0.05, 0.1) is 10.6 Å². The van der Waals surface area contributed by atoms with E-state index < -0.39 is 0 Å². The number of halogens is 1. The Hall–Kier alpha value is -1.22. The topological polar surface area (TPSA) is 46.3 Å². The van der Waals surface area contributed by atoms with Gasteiger partial charge in [-0.2, -0.15) is 0 Å². The molecule has 0 radical (unpaired) electrons. The van der Waals surface area contributed by atoms with Gasteiger partial charge >= 0.3 is 0 Å². The summed E-state index contributed by atoms with van der Waals surface area (Å²) in [5.74, 6) is -0.0743. The molecule has 0 bridgehead atoms. The lowest BCUT2D eigenvalue weighted by atomic mass is 10.1. The molecule has 0 aliphatic heterocycles. The number of amides is 1. The maximum absolute atomic E-state index is 12.2. The van der Waals surface area contributed by atoms with Crippen LogP contribution in [0.1, 0.15) is 31.1 Å².